The first-order valence-electron chi connectivity index (χ1n) is 12.7. The molecule has 1 amide bonds. The molecule has 4 rings (SSSR count). The lowest BCUT2D eigenvalue weighted by molar-refractivity contribution is -0.116. The minimum Gasteiger partial charge on any atom is -0.475 e. The topological polar surface area (TPSA) is 113 Å². The van der Waals surface area contributed by atoms with Crippen molar-refractivity contribution in [2.24, 2.45) is 5.92 Å². The number of halogens is 2. The van der Waals surface area contributed by atoms with Crippen LogP contribution in [0.1, 0.15) is 33.1 Å². The number of aliphatic hydroxyl groups is 1. The molecule has 1 aromatic carbocycles. The van der Waals surface area contributed by atoms with Crippen molar-refractivity contribution in [3.8, 4) is 17.1 Å². The molecule has 0 saturated heterocycles. The van der Waals surface area contributed by atoms with Crippen LogP contribution in [0.3, 0.4) is 0 Å². The molecule has 3 N–H and O–H groups in total. The van der Waals surface area contributed by atoms with Crippen LogP contribution >= 0.6 is 11.6 Å². The number of carbonyl (C=O) groups is 1. The molecule has 2 aromatic heterocycles. The maximum absolute atomic E-state index is 14.5. The average molecular weight is 543 g/mol. The van der Waals surface area contributed by atoms with E-state index in [1.165, 1.54) is 18.2 Å². The largest absolute Gasteiger partial charge is 0.475 e. The van der Waals surface area contributed by atoms with Gasteiger partial charge in [-0.05, 0) is 62.2 Å². The lowest BCUT2D eigenvalue weighted by Crippen LogP contribution is -2.32. The van der Waals surface area contributed by atoms with Gasteiger partial charge in [0.15, 0.2) is 0 Å². The third kappa shape index (κ3) is 7.37. The molecule has 0 spiro atoms. The van der Waals surface area contributed by atoms with Gasteiger partial charge in [-0.1, -0.05) is 25.4 Å². The Balaban J connectivity index is 1.53. The molecule has 1 aliphatic carbocycles. The third-order valence-corrected chi connectivity index (χ3v) is 6.72. The predicted molar refractivity (Wildman–Crippen MR) is 145 cm³/mol. The lowest BCUT2D eigenvalue weighted by atomic mass is 9.83. The quantitative estimate of drug-likeness (QED) is 0.296. The Kier molecular flexibility index (Phi) is 9.43. The molecule has 9 nitrogen and oxygen atoms in total. The second-order valence-electron chi connectivity index (χ2n) is 9.25. The second-order valence-corrected chi connectivity index (χ2v) is 9.69. The van der Waals surface area contributed by atoms with E-state index in [0.717, 1.165) is 13.1 Å². The number of aromatic nitrogens is 3. The highest BCUT2D eigenvalue weighted by atomic mass is 35.5. The number of ether oxygens (including phenoxy) is 1. The molecule has 3 aromatic rings. The predicted octanol–water partition coefficient (Wildman–Crippen LogP) is 4.89. The monoisotopic (exact) mass is 542 g/mol. The molecule has 1 fully saturated rings. The fourth-order valence-electron chi connectivity index (χ4n) is 4.17. The molecular formula is C27H32ClFN6O3. The van der Waals surface area contributed by atoms with Crippen molar-refractivity contribution in [3.05, 3.63) is 53.4 Å². The summed E-state index contributed by atoms with van der Waals surface area (Å²) >= 11 is 6.08. The van der Waals surface area contributed by atoms with Crippen molar-refractivity contribution in [1.82, 2.24) is 20.1 Å². The van der Waals surface area contributed by atoms with Gasteiger partial charge < -0.3 is 25.4 Å². The number of hydrogen-bond acceptors (Lipinski definition) is 8. The van der Waals surface area contributed by atoms with Gasteiger partial charge in [-0.15, -0.1) is 10.2 Å². The fraction of sp³-hybridized carbons (Fsp3) is 0.407. The summed E-state index contributed by atoms with van der Waals surface area (Å²) in [5.74, 6) is 0.250. The maximum atomic E-state index is 14.5. The lowest BCUT2D eigenvalue weighted by Gasteiger charge is -2.30. The minimum atomic E-state index is -0.481. The van der Waals surface area contributed by atoms with Gasteiger partial charge >= 0.3 is 0 Å². The van der Waals surface area contributed by atoms with E-state index in [-0.39, 0.29) is 35.1 Å². The Morgan fingerprint density at radius 2 is 1.97 bits per heavy atom. The Morgan fingerprint density at radius 3 is 2.71 bits per heavy atom. The van der Waals surface area contributed by atoms with Gasteiger partial charge in [0.05, 0.1) is 18.4 Å². The zero-order chi connectivity index (χ0) is 27.1. The number of amides is 1. The van der Waals surface area contributed by atoms with Crippen LogP contribution in [0.4, 0.5) is 21.6 Å². The molecule has 0 atom stereocenters. The van der Waals surface area contributed by atoms with E-state index in [2.05, 4.69) is 44.6 Å². The normalized spacial score (nSPS) is 16.7. The van der Waals surface area contributed by atoms with Crippen LogP contribution in [0.15, 0.2) is 42.6 Å². The van der Waals surface area contributed by atoms with Crippen LogP contribution in [0, 0.1) is 11.7 Å². The zero-order valence-electron chi connectivity index (χ0n) is 21.5. The van der Waals surface area contributed by atoms with Crippen LogP contribution in [0.5, 0.6) is 5.88 Å². The molecule has 1 saturated carbocycles. The van der Waals surface area contributed by atoms with E-state index >= 15 is 0 Å². The standard InChI is InChI=1S/C27H32ClFN6O3/c1-3-35(4-2)10-8-26(37)32-25-14-19(7-9-30-25)31-24-15-23(21-13-18(28)5-6-22(21)29)33-34-27(24)38-16-17-11-20(36)12-17/h5-7,9,13-15,17,20,36H,3-4,8,10-12,16H2,1-2H3,(H2,30,31,32,33,37). The van der Waals surface area contributed by atoms with Crippen molar-refractivity contribution < 1.29 is 19.0 Å². The molecule has 2 heterocycles. The Labute approximate surface area is 226 Å². The maximum Gasteiger partial charge on any atom is 0.257 e. The molecule has 202 valence electrons. The molecule has 0 bridgehead atoms. The number of hydrogen-bond donors (Lipinski definition) is 3. The molecule has 38 heavy (non-hydrogen) atoms. The van der Waals surface area contributed by atoms with E-state index in [0.29, 0.717) is 54.6 Å². The molecule has 1 aliphatic rings. The highest BCUT2D eigenvalue weighted by molar-refractivity contribution is 6.30. The Bertz CT molecular complexity index is 1250. The van der Waals surface area contributed by atoms with E-state index in [4.69, 9.17) is 16.3 Å². The van der Waals surface area contributed by atoms with Crippen molar-refractivity contribution >= 4 is 34.7 Å². The summed E-state index contributed by atoms with van der Waals surface area (Å²) in [6, 6.07) is 9.29. The summed E-state index contributed by atoms with van der Waals surface area (Å²) in [5, 5.41) is 24.4. The number of pyridine rings is 1. The van der Waals surface area contributed by atoms with Gasteiger partial charge in [-0.25, -0.2) is 9.37 Å². The minimum absolute atomic E-state index is 0.127. The average Bonchev–Trinajstić information content (AvgIpc) is 2.88. The number of aliphatic hydroxyl groups excluding tert-OH is 1. The van der Waals surface area contributed by atoms with Gasteiger partial charge in [-0.2, -0.15) is 0 Å². The summed E-state index contributed by atoms with van der Waals surface area (Å²) in [6.07, 6.45) is 2.98. The van der Waals surface area contributed by atoms with Gasteiger partial charge in [0.2, 0.25) is 5.91 Å². The molecule has 0 radical (unpaired) electrons. The van der Waals surface area contributed by atoms with Gasteiger partial charge in [0.1, 0.15) is 17.3 Å². The van der Waals surface area contributed by atoms with Gasteiger partial charge in [0.25, 0.3) is 5.88 Å². The highest BCUT2D eigenvalue weighted by Crippen LogP contribution is 2.33. The number of carbonyl (C=O) groups excluding carboxylic acids is 1. The smallest absolute Gasteiger partial charge is 0.257 e. The van der Waals surface area contributed by atoms with Crippen molar-refractivity contribution in [2.45, 2.75) is 39.2 Å². The number of anilines is 3. The molecule has 0 aliphatic heterocycles. The molecule has 11 heteroatoms. The number of nitrogens with one attached hydrogen (secondary N) is 2. The highest BCUT2D eigenvalue weighted by Gasteiger charge is 2.28. The zero-order valence-corrected chi connectivity index (χ0v) is 22.2. The van der Waals surface area contributed by atoms with Crippen LogP contribution in [-0.2, 0) is 4.79 Å². The van der Waals surface area contributed by atoms with Gasteiger partial charge in [0, 0.05) is 41.5 Å². The third-order valence-electron chi connectivity index (χ3n) is 6.49. The van der Waals surface area contributed by atoms with Crippen molar-refractivity contribution in [2.75, 3.05) is 36.9 Å². The van der Waals surface area contributed by atoms with Crippen molar-refractivity contribution in [1.29, 1.82) is 0 Å². The number of nitrogens with zero attached hydrogens (tertiary/aromatic N) is 4. The summed E-state index contributed by atoms with van der Waals surface area (Å²) in [5.41, 5.74) is 1.56. The van der Waals surface area contributed by atoms with Crippen molar-refractivity contribution in [3.63, 3.8) is 0 Å². The van der Waals surface area contributed by atoms with E-state index in [9.17, 15) is 14.3 Å². The van der Waals surface area contributed by atoms with Crippen LogP contribution < -0.4 is 15.4 Å². The van der Waals surface area contributed by atoms with Gasteiger partial charge in [-0.3, -0.25) is 4.79 Å². The first-order chi connectivity index (χ1) is 18.3. The Hall–Kier alpha value is -3.34. The summed E-state index contributed by atoms with van der Waals surface area (Å²) in [7, 11) is 0. The van der Waals surface area contributed by atoms with Crippen LogP contribution in [-0.4, -0.2) is 63.4 Å². The van der Waals surface area contributed by atoms with Crippen LogP contribution in [0.25, 0.3) is 11.3 Å². The van der Waals surface area contributed by atoms with E-state index < -0.39 is 5.82 Å². The molecule has 0 unspecified atom stereocenters. The summed E-state index contributed by atoms with van der Waals surface area (Å²) in [4.78, 5) is 18.9. The Morgan fingerprint density at radius 1 is 1.18 bits per heavy atom. The summed E-state index contributed by atoms with van der Waals surface area (Å²) < 4.78 is 20.5. The summed E-state index contributed by atoms with van der Waals surface area (Å²) in [6.45, 7) is 6.93. The number of rotatable bonds is 12. The SMILES string of the molecule is CCN(CC)CCC(=O)Nc1cc(Nc2cc(-c3cc(Cl)ccc3F)nnc2OCC2CC(O)C2)ccn1. The first-order valence-corrected chi connectivity index (χ1v) is 13.1. The molecular weight excluding hydrogens is 511 g/mol. The number of benzene rings is 1. The fourth-order valence-corrected chi connectivity index (χ4v) is 4.34. The van der Waals surface area contributed by atoms with E-state index in [1.54, 1.807) is 24.4 Å². The first kappa shape index (κ1) is 27.7. The van der Waals surface area contributed by atoms with E-state index in [1.807, 2.05) is 0 Å². The second kappa shape index (κ2) is 12.9. The van der Waals surface area contributed by atoms with Crippen LogP contribution in [0.2, 0.25) is 5.02 Å².